The van der Waals surface area contributed by atoms with Crippen molar-refractivity contribution in [3.63, 3.8) is 0 Å². The molecule has 0 amide bonds. The summed E-state index contributed by atoms with van der Waals surface area (Å²) in [6.07, 6.45) is 3.12. The molecule has 0 aliphatic rings. The van der Waals surface area contributed by atoms with Crippen molar-refractivity contribution in [2.75, 3.05) is 6.26 Å². The number of thiazole rings is 1. The fourth-order valence-corrected chi connectivity index (χ4v) is 3.34. The van der Waals surface area contributed by atoms with Gasteiger partial charge in [-0.05, 0) is 10.4 Å². The number of rotatable bonds is 3. The van der Waals surface area contributed by atoms with E-state index in [0.29, 0.717) is 38.5 Å². The van der Waals surface area contributed by atoms with Crippen LogP contribution in [0.1, 0.15) is 5.82 Å². The van der Waals surface area contributed by atoms with Gasteiger partial charge in [-0.15, -0.1) is 20.4 Å². The number of hydrogen-bond donors (Lipinski definition) is 0. The molecule has 4 rings (SSSR count). The molecule has 0 fully saturated rings. The van der Waals surface area contributed by atoms with Gasteiger partial charge in [-0.1, -0.05) is 11.3 Å². The molecule has 4 aromatic heterocycles. The molecule has 0 radical (unpaired) electrons. The van der Waals surface area contributed by atoms with Crippen LogP contribution in [0.4, 0.5) is 0 Å². The predicted molar refractivity (Wildman–Crippen MR) is 75.4 cm³/mol. The summed E-state index contributed by atoms with van der Waals surface area (Å²) < 4.78 is 13.6. The number of nitrogens with zero attached hydrogens (tertiary/aromatic N) is 10. The minimum Gasteiger partial charge on any atom is -0.304 e. The first-order valence-corrected chi connectivity index (χ1v) is 8.28. The Kier molecular flexibility index (Phi) is 3.00. The average molecular weight is 334 g/mol. The maximum absolute atomic E-state index is 11.4. The van der Waals surface area contributed by atoms with Gasteiger partial charge < -0.3 is 4.57 Å². The van der Waals surface area contributed by atoms with E-state index in [2.05, 4.69) is 45.8 Å². The van der Waals surface area contributed by atoms with Gasteiger partial charge in [0.25, 0.3) is 0 Å². The average Bonchev–Trinajstić information content (AvgIpc) is 3.11. The molecule has 22 heavy (non-hydrogen) atoms. The van der Waals surface area contributed by atoms with Gasteiger partial charge in [0.15, 0.2) is 15.0 Å². The lowest BCUT2D eigenvalue weighted by Crippen LogP contribution is -2.06. The maximum Gasteiger partial charge on any atom is 0.223 e. The van der Waals surface area contributed by atoms with E-state index < -0.39 is 10.8 Å². The second-order valence-electron chi connectivity index (χ2n) is 4.19. The summed E-state index contributed by atoms with van der Waals surface area (Å²) in [5.74, 6) is 0.461. The lowest BCUT2D eigenvalue weighted by Gasteiger charge is -2.00. The van der Waals surface area contributed by atoms with Crippen molar-refractivity contribution in [3.8, 4) is 0 Å². The minimum atomic E-state index is -1.17. The monoisotopic (exact) mass is 334 g/mol. The van der Waals surface area contributed by atoms with Gasteiger partial charge in [0.2, 0.25) is 16.9 Å². The molecule has 0 bridgehead atoms. The van der Waals surface area contributed by atoms with E-state index in [1.165, 1.54) is 11.3 Å². The number of imidazole rings is 1. The first-order chi connectivity index (χ1) is 10.7. The molecule has 13 heteroatoms. The van der Waals surface area contributed by atoms with Crippen LogP contribution in [0.2, 0.25) is 0 Å². The van der Waals surface area contributed by atoms with Crippen LogP contribution in [-0.4, -0.2) is 60.8 Å². The molecule has 0 aromatic carbocycles. The first kappa shape index (κ1) is 13.1. The Morgan fingerprint density at radius 3 is 2.86 bits per heavy atom. The van der Waals surface area contributed by atoms with Gasteiger partial charge in [0.1, 0.15) is 0 Å². The second-order valence-corrected chi connectivity index (χ2v) is 6.72. The highest BCUT2D eigenvalue weighted by Crippen LogP contribution is 2.20. The number of hydrogen-bond acceptors (Lipinski definition) is 11. The Balaban J connectivity index is 1.73. The molecule has 1 atom stereocenters. The van der Waals surface area contributed by atoms with E-state index in [1.54, 1.807) is 17.2 Å². The number of fused-ring (bicyclic) bond motifs is 2. The second kappa shape index (κ2) is 5.03. The van der Waals surface area contributed by atoms with Gasteiger partial charge in [-0.3, -0.25) is 4.21 Å². The third-order valence-electron chi connectivity index (χ3n) is 2.73. The third kappa shape index (κ3) is 2.19. The van der Waals surface area contributed by atoms with Crippen molar-refractivity contribution in [1.82, 2.24) is 50.3 Å². The van der Waals surface area contributed by atoms with E-state index in [9.17, 15) is 4.21 Å². The molecule has 0 aliphatic heterocycles. The van der Waals surface area contributed by atoms with Crippen LogP contribution in [-0.2, 0) is 17.3 Å². The summed E-state index contributed by atoms with van der Waals surface area (Å²) in [6.45, 7) is 0.308. The quantitative estimate of drug-likeness (QED) is 0.467. The molecule has 1 unspecified atom stereocenters. The van der Waals surface area contributed by atoms with Gasteiger partial charge >= 0.3 is 0 Å². The van der Waals surface area contributed by atoms with Crippen LogP contribution < -0.4 is 0 Å². The van der Waals surface area contributed by atoms with Crippen molar-refractivity contribution in [3.05, 3.63) is 12.2 Å². The highest BCUT2D eigenvalue weighted by Gasteiger charge is 2.13. The molecule has 4 aromatic rings. The molecule has 4 heterocycles. The van der Waals surface area contributed by atoms with Gasteiger partial charge in [-0.2, -0.15) is 0 Å². The van der Waals surface area contributed by atoms with Crippen LogP contribution in [0.15, 0.2) is 10.7 Å². The molecule has 0 aliphatic carbocycles. The summed E-state index contributed by atoms with van der Waals surface area (Å²) in [7, 11) is -1.17. The standard InChI is InChI=1S/C9H6N10OS2/c1-22(20)9-12-6-8(21-9)11-4(13-14-6)2-19-3-10-5-7(19)16-18-17-15-5/h3H,2H2,1H3. The minimum absolute atomic E-state index is 0.308. The zero-order valence-corrected chi connectivity index (χ0v) is 12.6. The molecular formula is C9H6N10OS2. The third-order valence-corrected chi connectivity index (χ3v) is 5.00. The fraction of sp³-hybridized carbons (Fsp3) is 0.222. The fourth-order valence-electron chi connectivity index (χ4n) is 1.79. The normalized spacial score (nSPS) is 13.0. The summed E-state index contributed by atoms with van der Waals surface area (Å²) in [5.41, 5.74) is 1.27. The van der Waals surface area contributed by atoms with Crippen molar-refractivity contribution >= 4 is 43.9 Å². The Hall–Kier alpha value is -2.54. The molecule has 0 saturated carbocycles. The van der Waals surface area contributed by atoms with E-state index in [0.717, 1.165) is 0 Å². The van der Waals surface area contributed by atoms with Gasteiger partial charge in [0.05, 0.1) is 23.7 Å². The molecule has 11 nitrogen and oxygen atoms in total. The topological polar surface area (TPSA) is 138 Å². The zero-order valence-electron chi connectivity index (χ0n) is 11.0. The number of aromatic nitrogens is 10. The lowest BCUT2D eigenvalue weighted by atomic mass is 10.5. The van der Waals surface area contributed by atoms with E-state index in [1.807, 2.05) is 0 Å². The lowest BCUT2D eigenvalue weighted by molar-refractivity contribution is 0.686. The predicted octanol–water partition coefficient (Wildman–Crippen LogP) is -0.803. The first-order valence-electron chi connectivity index (χ1n) is 5.91. The molecule has 0 saturated heterocycles. The van der Waals surface area contributed by atoms with Crippen molar-refractivity contribution in [1.29, 1.82) is 0 Å². The summed E-state index contributed by atoms with van der Waals surface area (Å²) in [5, 5.41) is 22.6. The zero-order chi connectivity index (χ0) is 15.1. The van der Waals surface area contributed by atoms with Crippen LogP contribution in [0, 0.1) is 0 Å². The van der Waals surface area contributed by atoms with Crippen LogP contribution >= 0.6 is 11.3 Å². The highest BCUT2D eigenvalue weighted by molar-refractivity contribution is 7.86. The SMILES string of the molecule is CS(=O)c1nc2nnc(Cn3cnc4nnnnc43)nc2s1. The van der Waals surface area contributed by atoms with Crippen LogP contribution in [0.3, 0.4) is 0 Å². The van der Waals surface area contributed by atoms with E-state index in [-0.39, 0.29) is 0 Å². The molecular weight excluding hydrogens is 328 g/mol. The van der Waals surface area contributed by atoms with Crippen LogP contribution in [0.25, 0.3) is 21.8 Å². The Morgan fingerprint density at radius 1 is 1.14 bits per heavy atom. The Morgan fingerprint density at radius 2 is 2.00 bits per heavy atom. The van der Waals surface area contributed by atoms with Gasteiger partial charge in [0, 0.05) is 6.26 Å². The summed E-state index contributed by atoms with van der Waals surface area (Å²) >= 11 is 1.24. The van der Waals surface area contributed by atoms with Gasteiger partial charge in [-0.25, -0.2) is 15.0 Å². The molecule has 0 N–H and O–H groups in total. The molecule has 110 valence electrons. The summed E-state index contributed by atoms with van der Waals surface area (Å²) in [6, 6.07) is 0. The van der Waals surface area contributed by atoms with E-state index >= 15 is 0 Å². The van der Waals surface area contributed by atoms with Crippen LogP contribution in [0.5, 0.6) is 0 Å². The molecule has 0 spiro atoms. The summed E-state index contributed by atoms with van der Waals surface area (Å²) in [4.78, 5) is 13.2. The van der Waals surface area contributed by atoms with E-state index in [4.69, 9.17) is 0 Å². The Labute approximate surface area is 128 Å². The van der Waals surface area contributed by atoms with Crippen molar-refractivity contribution in [2.45, 2.75) is 10.9 Å². The Bertz CT molecular complexity index is 1010. The maximum atomic E-state index is 11.4. The van der Waals surface area contributed by atoms with Crippen molar-refractivity contribution < 1.29 is 4.21 Å². The van der Waals surface area contributed by atoms with Crippen molar-refractivity contribution in [2.24, 2.45) is 0 Å². The smallest absolute Gasteiger partial charge is 0.223 e. The highest BCUT2D eigenvalue weighted by atomic mass is 32.2. The largest absolute Gasteiger partial charge is 0.304 e.